The van der Waals surface area contributed by atoms with E-state index in [1.807, 2.05) is 13.0 Å². The van der Waals surface area contributed by atoms with E-state index >= 15 is 0 Å². The first kappa shape index (κ1) is 20.1. The van der Waals surface area contributed by atoms with Crippen molar-refractivity contribution in [2.75, 3.05) is 0 Å². The predicted octanol–water partition coefficient (Wildman–Crippen LogP) is 7.05. The van der Waals surface area contributed by atoms with Gasteiger partial charge in [0.2, 0.25) is 0 Å². The fraction of sp³-hybridized carbons (Fsp3) is 0.625. The molecule has 0 spiro atoms. The van der Waals surface area contributed by atoms with Gasteiger partial charge in [0, 0.05) is 10.1 Å². The highest BCUT2D eigenvalue weighted by atomic mass is 35.5. The molecule has 0 amide bonds. The lowest BCUT2D eigenvalue weighted by Crippen LogP contribution is -2.00. The number of rotatable bonds is 4. The second kappa shape index (κ2) is 10.7. The molecular weight excluding hydrogens is 263 g/mol. The maximum absolute atomic E-state index is 5.95. The molecule has 18 heavy (non-hydrogen) atoms. The zero-order valence-corrected chi connectivity index (χ0v) is 14.3. The molecule has 0 nitrogen and oxygen atoms in total. The van der Waals surface area contributed by atoms with Crippen LogP contribution in [0.25, 0.3) is 0 Å². The summed E-state index contributed by atoms with van der Waals surface area (Å²) in [5.74, 6) is 0. The Kier molecular flexibility index (Phi) is 12.0. The van der Waals surface area contributed by atoms with Gasteiger partial charge < -0.3 is 0 Å². The van der Waals surface area contributed by atoms with Gasteiger partial charge in [0.05, 0.1) is 0 Å². The number of hydrogen-bond donors (Lipinski definition) is 0. The zero-order valence-electron chi connectivity index (χ0n) is 12.7. The fourth-order valence-corrected chi connectivity index (χ4v) is 1.34. The summed E-state index contributed by atoms with van der Waals surface area (Å²) in [7, 11) is 0. The molecule has 0 unspecified atom stereocenters. The van der Waals surface area contributed by atoms with Gasteiger partial charge in [-0.2, -0.15) is 0 Å². The maximum atomic E-state index is 5.95. The van der Waals surface area contributed by atoms with Gasteiger partial charge in [-0.05, 0) is 24.3 Å². The summed E-state index contributed by atoms with van der Waals surface area (Å²) in [6, 6.07) is 0. The molecule has 0 atom stereocenters. The Morgan fingerprint density at radius 3 is 1.83 bits per heavy atom. The van der Waals surface area contributed by atoms with E-state index in [2.05, 4.69) is 41.2 Å². The van der Waals surface area contributed by atoms with Crippen LogP contribution in [0.15, 0.2) is 34.4 Å². The highest BCUT2D eigenvalue weighted by molar-refractivity contribution is 6.36. The van der Waals surface area contributed by atoms with Crippen LogP contribution in [0.4, 0.5) is 0 Å². The van der Waals surface area contributed by atoms with Gasteiger partial charge in [-0.3, -0.25) is 0 Å². The third kappa shape index (κ3) is 10.9. The van der Waals surface area contributed by atoms with Crippen LogP contribution in [-0.4, -0.2) is 0 Å². The fourth-order valence-electron chi connectivity index (χ4n) is 0.900. The topological polar surface area (TPSA) is 0 Å². The third-order valence-corrected chi connectivity index (χ3v) is 3.40. The van der Waals surface area contributed by atoms with Crippen molar-refractivity contribution in [2.45, 2.75) is 60.8 Å². The summed E-state index contributed by atoms with van der Waals surface area (Å²) in [6.07, 6.45) is 6.67. The quantitative estimate of drug-likeness (QED) is 0.487. The minimum atomic E-state index is 0.542. The van der Waals surface area contributed by atoms with Crippen molar-refractivity contribution in [3.8, 4) is 0 Å². The lowest BCUT2D eigenvalue weighted by atomic mass is 9.94. The zero-order chi connectivity index (χ0) is 14.8. The Morgan fingerprint density at radius 2 is 1.61 bits per heavy atom. The first-order valence-corrected chi connectivity index (χ1v) is 7.32. The summed E-state index contributed by atoms with van der Waals surface area (Å²) in [5.41, 5.74) is 1.53. The molecule has 0 aliphatic carbocycles. The van der Waals surface area contributed by atoms with Crippen molar-refractivity contribution in [3.05, 3.63) is 34.4 Å². The second-order valence-corrected chi connectivity index (χ2v) is 6.15. The van der Waals surface area contributed by atoms with Crippen LogP contribution in [-0.2, 0) is 0 Å². The van der Waals surface area contributed by atoms with E-state index < -0.39 is 0 Å². The van der Waals surface area contributed by atoms with E-state index in [0.29, 0.717) is 10.4 Å². The van der Waals surface area contributed by atoms with Gasteiger partial charge in [-0.1, -0.05) is 89.4 Å². The molecule has 0 aliphatic heterocycles. The van der Waals surface area contributed by atoms with E-state index in [0.717, 1.165) is 23.4 Å². The highest BCUT2D eigenvalue weighted by Gasteiger charge is 2.04. The summed E-state index contributed by atoms with van der Waals surface area (Å²) in [6.45, 7) is 16.5. The van der Waals surface area contributed by atoms with Gasteiger partial charge in [0.15, 0.2) is 0 Å². The standard InChI is InChI=1S/C10H14Cl2.C6H14/c1-4-7-8(9(11)5-2)10(12)6-3;1-5-6(2,3)4/h5-6H,2,4,7H2,1,3H3;5H2,1-4H3/b9-8+,10-6+;. The second-order valence-electron chi connectivity index (χ2n) is 5.33. The lowest BCUT2D eigenvalue weighted by molar-refractivity contribution is 0.398. The first-order valence-electron chi connectivity index (χ1n) is 6.56. The molecule has 0 N–H and O–H groups in total. The number of hydrogen-bond acceptors (Lipinski definition) is 0. The molecule has 0 radical (unpaired) electrons. The van der Waals surface area contributed by atoms with Crippen LogP contribution in [0, 0.1) is 5.41 Å². The molecule has 0 aromatic carbocycles. The lowest BCUT2D eigenvalue weighted by Gasteiger charge is -2.12. The molecule has 0 saturated heterocycles. The molecular formula is C16H28Cl2. The van der Waals surface area contributed by atoms with Gasteiger partial charge in [0.25, 0.3) is 0 Å². The monoisotopic (exact) mass is 290 g/mol. The first-order chi connectivity index (χ1) is 8.23. The normalized spacial score (nSPS) is 13.4. The average molecular weight is 291 g/mol. The average Bonchev–Trinajstić information content (AvgIpc) is 2.34. The maximum Gasteiger partial charge on any atom is 0.0446 e. The van der Waals surface area contributed by atoms with E-state index in [4.69, 9.17) is 23.2 Å². The van der Waals surface area contributed by atoms with E-state index in [1.54, 1.807) is 6.08 Å². The summed E-state index contributed by atoms with van der Waals surface area (Å²) < 4.78 is 0. The Balaban J connectivity index is 0. The van der Waals surface area contributed by atoms with E-state index in [9.17, 15) is 0 Å². The molecule has 0 bridgehead atoms. The SMILES string of the molecule is C=C/C(Cl)=C(CCC)\C(Cl)=C/C.CCC(C)(C)C. The van der Waals surface area contributed by atoms with Gasteiger partial charge >= 0.3 is 0 Å². The molecule has 0 heterocycles. The van der Waals surface area contributed by atoms with Crippen LogP contribution in [0.2, 0.25) is 0 Å². The summed E-state index contributed by atoms with van der Waals surface area (Å²) in [5, 5.41) is 1.38. The number of allylic oxidation sites excluding steroid dienone is 5. The van der Waals surface area contributed by atoms with Crippen LogP contribution in [0.3, 0.4) is 0 Å². The predicted molar refractivity (Wildman–Crippen MR) is 87.3 cm³/mol. The minimum absolute atomic E-state index is 0.542. The summed E-state index contributed by atoms with van der Waals surface area (Å²) in [4.78, 5) is 0. The molecule has 0 rings (SSSR count). The van der Waals surface area contributed by atoms with Crippen LogP contribution in [0.5, 0.6) is 0 Å². The van der Waals surface area contributed by atoms with Gasteiger partial charge in [0.1, 0.15) is 0 Å². The minimum Gasteiger partial charge on any atom is -0.0976 e. The third-order valence-electron chi connectivity index (χ3n) is 2.57. The molecule has 0 aromatic rings. The molecule has 0 aliphatic rings. The molecule has 2 heteroatoms. The Hall–Kier alpha value is -0.200. The van der Waals surface area contributed by atoms with Crippen molar-refractivity contribution >= 4 is 23.2 Å². The van der Waals surface area contributed by atoms with E-state index in [1.165, 1.54) is 6.42 Å². The Bertz CT molecular complexity index is 291. The van der Waals surface area contributed by atoms with Crippen molar-refractivity contribution in [2.24, 2.45) is 5.41 Å². The van der Waals surface area contributed by atoms with E-state index in [-0.39, 0.29) is 0 Å². The summed E-state index contributed by atoms with van der Waals surface area (Å²) >= 11 is 11.9. The van der Waals surface area contributed by atoms with Crippen molar-refractivity contribution < 1.29 is 0 Å². The molecule has 0 aromatic heterocycles. The number of halogens is 2. The van der Waals surface area contributed by atoms with Gasteiger partial charge in [-0.15, -0.1) is 0 Å². The highest BCUT2D eigenvalue weighted by Crippen LogP contribution is 2.26. The van der Waals surface area contributed by atoms with Crippen molar-refractivity contribution in [1.29, 1.82) is 0 Å². The van der Waals surface area contributed by atoms with Crippen molar-refractivity contribution in [3.63, 3.8) is 0 Å². The smallest absolute Gasteiger partial charge is 0.0446 e. The largest absolute Gasteiger partial charge is 0.0976 e. The van der Waals surface area contributed by atoms with Crippen LogP contribution < -0.4 is 0 Å². The molecule has 0 fully saturated rings. The Morgan fingerprint density at radius 1 is 1.17 bits per heavy atom. The molecule has 0 saturated carbocycles. The van der Waals surface area contributed by atoms with Crippen molar-refractivity contribution in [1.82, 2.24) is 0 Å². The Labute approximate surface area is 124 Å². The molecule has 106 valence electrons. The van der Waals surface area contributed by atoms with Gasteiger partial charge in [-0.25, -0.2) is 0 Å². The van der Waals surface area contributed by atoms with Crippen LogP contribution in [0.1, 0.15) is 60.8 Å². The van der Waals surface area contributed by atoms with Crippen LogP contribution >= 0.6 is 23.2 Å².